The zero-order valence-corrected chi connectivity index (χ0v) is 11.1. The number of hydrogen-bond donors (Lipinski definition) is 3. The number of sulfonamides is 1. The lowest BCUT2D eigenvalue weighted by atomic mass is 10.5. The third-order valence-electron chi connectivity index (χ3n) is 2.01. The first-order chi connectivity index (χ1) is 8.11. The SMILES string of the molecule is CSCCCNS(=O)(=O)c1cccnc1NN. The topological polar surface area (TPSA) is 97.1 Å². The summed E-state index contributed by atoms with van der Waals surface area (Å²) in [5.74, 6) is 6.27. The van der Waals surface area contributed by atoms with Crippen LogP contribution in [0.5, 0.6) is 0 Å². The Labute approximate surface area is 105 Å². The minimum Gasteiger partial charge on any atom is -0.307 e. The molecule has 4 N–H and O–H groups in total. The van der Waals surface area contributed by atoms with Crippen LogP contribution in [0.25, 0.3) is 0 Å². The van der Waals surface area contributed by atoms with Crippen LogP contribution in [-0.4, -0.2) is 32.0 Å². The molecule has 0 saturated carbocycles. The van der Waals surface area contributed by atoms with E-state index in [0.29, 0.717) is 6.54 Å². The molecule has 0 aliphatic carbocycles. The molecule has 0 aliphatic heterocycles. The summed E-state index contributed by atoms with van der Waals surface area (Å²) in [4.78, 5) is 3.91. The minimum atomic E-state index is -3.55. The van der Waals surface area contributed by atoms with Gasteiger partial charge in [0.1, 0.15) is 4.90 Å². The van der Waals surface area contributed by atoms with Gasteiger partial charge in [-0.2, -0.15) is 11.8 Å². The fraction of sp³-hybridized carbons (Fsp3) is 0.444. The Kier molecular flexibility index (Phi) is 5.69. The Hall–Kier alpha value is -0.830. The van der Waals surface area contributed by atoms with Crippen LogP contribution in [0.2, 0.25) is 0 Å². The van der Waals surface area contributed by atoms with Crippen molar-refractivity contribution in [3.8, 4) is 0 Å². The molecule has 1 rings (SSSR count). The second kappa shape index (κ2) is 6.80. The van der Waals surface area contributed by atoms with E-state index >= 15 is 0 Å². The molecule has 0 bridgehead atoms. The monoisotopic (exact) mass is 276 g/mol. The number of nitrogen functional groups attached to an aromatic ring is 1. The van der Waals surface area contributed by atoms with Crippen molar-refractivity contribution in [3.63, 3.8) is 0 Å². The van der Waals surface area contributed by atoms with Crippen LogP contribution in [0.15, 0.2) is 23.2 Å². The van der Waals surface area contributed by atoms with Crippen molar-refractivity contribution in [1.29, 1.82) is 0 Å². The smallest absolute Gasteiger partial charge is 0.244 e. The Morgan fingerprint density at radius 1 is 1.53 bits per heavy atom. The highest BCUT2D eigenvalue weighted by molar-refractivity contribution is 7.98. The molecule has 96 valence electrons. The van der Waals surface area contributed by atoms with E-state index in [1.54, 1.807) is 17.8 Å². The molecular weight excluding hydrogens is 260 g/mol. The van der Waals surface area contributed by atoms with Gasteiger partial charge in [-0.15, -0.1) is 0 Å². The van der Waals surface area contributed by atoms with Crippen molar-refractivity contribution in [1.82, 2.24) is 9.71 Å². The molecule has 8 heteroatoms. The van der Waals surface area contributed by atoms with Gasteiger partial charge < -0.3 is 5.43 Å². The molecular formula is C9H16N4O2S2. The van der Waals surface area contributed by atoms with E-state index in [9.17, 15) is 8.42 Å². The fourth-order valence-corrected chi connectivity index (χ4v) is 2.84. The van der Waals surface area contributed by atoms with E-state index < -0.39 is 10.0 Å². The first kappa shape index (κ1) is 14.2. The third-order valence-corrected chi connectivity index (χ3v) is 4.20. The molecule has 1 aromatic rings. The van der Waals surface area contributed by atoms with Gasteiger partial charge in [0.25, 0.3) is 0 Å². The lowest BCUT2D eigenvalue weighted by Gasteiger charge is -2.09. The maximum atomic E-state index is 11.9. The van der Waals surface area contributed by atoms with Crippen LogP contribution in [-0.2, 0) is 10.0 Å². The number of nitrogens with one attached hydrogen (secondary N) is 2. The lowest BCUT2D eigenvalue weighted by Crippen LogP contribution is -2.27. The molecule has 0 spiro atoms. The summed E-state index contributed by atoms with van der Waals surface area (Å²) in [6.45, 7) is 0.405. The predicted octanol–water partition coefficient (Wildman–Crippen LogP) is 0.399. The number of nitrogens with zero attached hydrogens (tertiary/aromatic N) is 1. The van der Waals surface area contributed by atoms with Crippen molar-refractivity contribution in [3.05, 3.63) is 18.3 Å². The van der Waals surface area contributed by atoms with Gasteiger partial charge in [0.15, 0.2) is 5.82 Å². The normalized spacial score (nSPS) is 11.4. The number of pyridine rings is 1. The van der Waals surface area contributed by atoms with Crippen LogP contribution in [0.4, 0.5) is 5.82 Å². The zero-order valence-electron chi connectivity index (χ0n) is 9.51. The van der Waals surface area contributed by atoms with Crippen LogP contribution in [0.1, 0.15) is 6.42 Å². The molecule has 1 aromatic heterocycles. The fourth-order valence-electron chi connectivity index (χ4n) is 1.22. The standard InChI is InChI=1S/C9H16N4O2S2/c1-16-7-3-6-12-17(14,15)8-4-2-5-11-9(8)13-10/h2,4-5,12H,3,6-7,10H2,1H3,(H,11,13). The second-order valence-electron chi connectivity index (χ2n) is 3.24. The van der Waals surface area contributed by atoms with Gasteiger partial charge in [0.2, 0.25) is 10.0 Å². The van der Waals surface area contributed by atoms with Gasteiger partial charge in [-0.1, -0.05) is 0 Å². The number of aromatic nitrogens is 1. The summed E-state index contributed by atoms with van der Waals surface area (Å²) in [6, 6.07) is 3.01. The van der Waals surface area contributed by atoms with Crippen molar-refractivity contribution < 1.29 is 8.42 Å². The molecule has 6 nitrogen and oxygen atoms in total. The third kappa shape index (κ3) is 4.15. The first-order valence-electron chi connectivity index (χ1n) is 5.02. The van der Waals surface area contributed by atoms with Gasteiger partial charge in [0, 0.05) is 12.7 Å². The maximum Gasteiger partial charge on any atom is 0.244 e. The van der Waals surface area contributed by atoms with Gasteiger partial charge in [0.05, 0.1) is 0 Å². The highest BCUT2D eigenvalue weighted by Gasteiger charge is 2.17. The largest absolute Gasteiger partial charge is 0.307 e. The molecule has 0 aromatic carbocycles. The first-order valence-corrected chi connectivity index (χ1v) is 7.89. The van der Waals surface area contributed by atoms with E-state index in [1.165, 1.54) is 12.3 Å². The summed E-state index contributed by atoms with van der Waals surface area (Å²) >= 11 is 1.68. The Morgan fingerprint density at radius 2 is 2.29 bits per heavy atom. The number of rotatable bonds is 7. The molecule has 0 amide bonds. The number of nitrogens with two attached hydrogens (primary N) is 1. The molecule has 0 aliphatic rings. The van der Waals surface area contributed by atoms with Gasteiger partial charge in [-0.25, -0.2) is 24.0 Å². The van der Waals surface area contributed by atoms with Gasteiger partial charge in [-0.3, -0.25) is 0 Å². The number of hydrazine groups is 1. The highest BCUT2D eigenvalue weighted by atomic mass is 32.2. The summed E-state index contributed by atoms with van der Waals surface area (Å²) in [5.41, 5.74) is 2.27. The summed E-state index contributed by atoms with van der Waals surface area (Å²) in [5, 5.41) is 0. The van der Waals surface area contributed by atoms with Crippen LogP contribution < -0.4 is 16.0 Å². The predicted molar refractivity (Wildman–Crippen MR) is 70.2 cm³/mol. The van der Waals surface area contributed by atoms with E-state index in [1.807, 2.05) is 6.26 Å². The Morgan fingerprint density at radius 3 is 2.94 bits per heavy atom. The molecule has 17 heavy (non-hydrogen) atoms. The molecule has 0 unspecified atom stereocenters. The van der Waals surface area contributed by atoms with E-state index in [0.717, 1.165) is 12.2 Å². The van der Waals surface area contributed by atoms with Crippen molar-refractivity contribution in [2.45, 2.75) is 11.3 Å². The molecule has 0 fully saturated rings. The van der Waals surface area contributed by atoms with Crippen LogP contribution in [0.3, 0.4) is 0 Å². The Balaban J connectivity index is 2.75. The van der Waals surface area contributed by atoms with Crippen molar-refractivity contribution in [2.75, 3.05) is 24.0 Å². The zero-order chi connectivity index (χ0) is 12.7. The minimum absolute atomic E-state index is 0.0617. The Bertz CT molecular complexity index is 450. The summed E-state index contributed by atoms with van der Waals surface area (Å²) in [7, 11) is -3.55. The van der Waals surface area contributed by atoms with Gasteiger partial charge in [-0.05, 0) is 30.6 Å². The maximum absolute atomic E-state index is 11.9. The molecule has 0 atom stereocenters. The number of thioether (sulfide) groups is 1. The van der Waals surface area contributed by atoms with Crippen molar-refractivity contribution >= 4 is 27.6 Å². The average Bonchev–Trinajstić information content (AvgIpc) is 2.34. The highest BCUT2D eigenvalue weighted by Crippen LogP contribution is 2.16. The summed E-state index contributed by atoms with van der Waals surface area (Å²) < 4.78 is 26.4. The van der Waals surface area contributed by atoms with Crippen molar-refractivity contribution in [2.24, 2.45) is 5.84 Å². The van der Waals surface area contributed by atoms with E-state index in [2.05, 4.69) is 15.1 Å². The van der Waals surface area contributed by atoms with Crippen LogP contribution in [0, 0.1) is 0 Å². The van der Waals surface area contributed by atoms with Crippen LogP contribution >= 0.6 is 11.8 Å². The van der Waals surface area contributed by atoms with E-state index in [4.69, 9.17) is 5.84 Å². The quantitative estimate of drug-likeness (QED) is 0.379. The average molecular weight is 276 g/mol. The summed E-state index contributed by atoms with van der Waals surface area (Å²) in [6.07, 6.45) is 4.24. The lowest BCUT2D eigenvalue weighted by molar-refractivity contribution is 0.581. The molecule has 1 heterocycles. The van der Waals surface area contributed by atoms with Gasteiger partial charge >= 0.3 is 0 Å². The number of anilines is 1. The molecule has 0 saturated heterocycles. The number of hydrogen-bond acceptors (Lipinski definition) is 6. The molecule has 0 radical (unpaired) electrons. The van der Waals surface area contributed by atoms with E-state index in [-0.39, 0.29) is 10.7 Å². The second-order valence-corrected chi connectivity index (χ2v) is 5.96.